The van der Waals surface area contributed by atoms with E-state index < -0.39 is 0 Å². The summed E-state index contributed by atoms with van der Waals surface area (Å²) in [6, 6.07) is 16.0. The number of halogens is 1. The smallest absolute Gasteiger partial charge is 0.255 e. The molecule has 1 N–H and O–H groups in total. The first kappa shape index (κ1) is 18.0. The van der Waals surface area contributed by atoms with Crippen molar-refractivity contribution in [3.63, 3.8) is 0 Å². The van der Waals surface area contributed by atoms with Crippen molar-refractivity contribution in [1.29, 1.82) is 0 Å². The molecule has 140 valence electrons. The maximum Gasteiger partial charge on any atom is 0.255 e. The average Bonchev–Trinajstić information content (AvgIpc) is 3.33. The van der Waals surface area contributed by atoms with E-state index in [1.807, 2.05) is 43.5 Å². The van der Waals surface area contributed by atoms with E-state index in [-0.39, 0.29) is 5.91 Å². The zero-order valence-electron chi connectivity index (χ0n) is 15.1. The summed E-state index contributed by atoms with van der Waals surface area (Å²) in [4.78, 5) is 16.9. The van der Waals surface area contributed by atoms with Gasteiger partial charge in [-0.15, -0.1) is 0 Å². The molecule has 2 aromatic heterocycles. The molecule has 0 unspecified atom stereocenters. The van der Waals surface area contributed by atoms with Crippen LogP contribution in [-0.2, 0) is 6.54 Å². The number of anilines is 1. The minimum atomic E-state index is -0.219. The van der Waals surface area contributed by atoms with Crippen LogP contribution in [0.1, 0.15) is 21.8 Å². The van der Waals surface area contributed by atoms with Crippen molar-refractivity contribution in [2.45, 2.75) is 13.5 Å². The van der Waals surface area contributed by atoms with Gasteiger partial charge < -0.3 is 9.73 Å². The fraction of sp³-hybridized carbons (Fsp3) is 0.0952. The summed E-state index contributed by atoms with van der Waals surface area (Å²) in [5.41, 5.74) is 2.84. The molecule has 4 rings (SSSR count). The lowest BCUT2D eigenvalue weighted by Crippen LogP contribution is -2.11. The van der Waals surface area contributed by atoms with Crippen molar-refractivity contribution in [3.8, 4) is 11.5 Å². The molecule has 0 radical (unpaired) electrons. The second-order valence-corrected chi connectivity index (χ2v) is 6.70. The standard InChI is InChI=1S/C21H17ClN4O2/c1-14-19(13-26-11-3-10-23-26)25-21(28-14)15-6-8-18(9-7-15)24-20(27)16-4-2-5-17(22)12-16/h2-12H,13H2,1H3,(H,24,27). The van der Waals surface area contributed by atoms with Gasteiger partial charge in [-0.05, 0) is 55.5 Å². The van der Waals surface area contributed by atoms with Gasteiger partial charge in [0.15, 0.2) is 0 Å². The van der Waals surface area contributed by atoms with Gasteiger partial charge in [-0.3, -0.25) is 9.48 Å². The highest BCUT2D eigenvalue weighted by molar-refractivity contribution is 6.31. The highest BCUT2D eigenvalue weighted by atomic mass is 35.5. The molecule has 0 atom stereocenters. The quantitative estimate of drug-likeness (QED) is 0.529. The lowest BCUT2D eigenvalue weighted by atomic mass is 10.2. The van der Waals surface area contributed by atoms with E-state index in [2.05, 4.69) is 15.4 Å². The fourth-order valence-electron chi connectivity index (χ4n) is 2.77. The Bertz CT molecular complexity index is 1100. The Kier molecular flexibility index (Phi) is 4.95. The number of oxazole rings is 1. The number of aryl methyl sites for hydroxylation is 1. The maximum atomic E-state index is 12.3. The highest BCUT2D eigenvalue weighted by Gasteiger charge is 2.13. The van der Waals surface area contributed by atoms with Crippen molar-refractivity contribution in [1.82, 2.24) is 14.8 Å². The number of nitrogens with zero attached hydrogens (tertiary/aromatic N) is 3. The topological polar surface area (TPSA) is 73.0 Å². The zero-order valence-corrected chi connectivity index (χ0v) is 15.8. The van der Waals surface area contributed by atoms with Gasteiger partial charge in [0.1, 0.15) is 11.5 Å². The molecule has 4 aromatic rings. The van der Waals surface area contributed by atoms with Gasteiger partial charge in [0.25, 0.3) is 5.91 Å². The Hall–Kier alpha value is -3.38. The van der Waals surface area contributed by atoms with Crippen molar-refractivity contribution < 1.29 is 9.21 Å². The summed E-state index contributed by atoms with van der Waals surface area (Å²) in [7, 11) is 0. The molecule has 0 saturated heterocycles. The van der Waals surface area contributed by atoms with E-state index in [1.165, 1.54) is 0 Å². The molecule has 0 saturated carbocycles. The molecule has 7 heteroatoms. The minimum Gasteiger partial charge on any atom is -0.441 e. The van der Waals surface area contributed by atoms with E-state index in [1.54, 1.807) is 35.1 Å². The van der Waals surface area contributed by atoms with Crippen LogP contribution < -0.4 is 5.32 Å². The predicted octanol–water partition coefficient (Wildman–Crippen LogP) is 4.80. The van der Waals surface area contributed by atoms with Crippen LogP contribution in [0.15, 0.2) is 71.4 Å². The molecule has 0 bridgehead atoms. The Morgan fingerprint density at radius 3 is 2.71 bits per heavy atom. The van der Waals surface area contributed by atoms with Crippen LogP contribution in [0.2, 0.25) is 5.02 Å². The van der Waals surface area contributed by atoms with Crippen molar-refractivity contribution in [3.05, 3.63) is 89.0 Å². The summed E-state index contributed by atoms with van der Waals surface area (Å²) in [6.07, 6.45) is 3.61. The van der Waals surface area contributed by atoms with Crippen LogP contribution in [-0.4, -0.2) is 20.7 Å². The van der Waals surface area contributed by atoms with Crippen LogP contribution in [0.5, 0.6) is 0 Å². The molecule has 2 heterocycles. The van der Waals surface area contributed by atoms with Crippen molar-refractivity contribution in [2.75, 3.05) is 5.32 Å². The molecular weight excluding hydrogens is 376 g/mol. The van der Waals surface area contributed by atoms with Gasteiger partial charge in [0, 0.05) is 34.2 Å². The number of aromatic nitrogens is 3. The van der Waals surface area contributed by atoms with Gasteiger partial charge in [-0.25, -0.2) is 4.98 Å². The van der Waals surface area contributed by atoms with Crippen LogP contribution >= 0.6 is 11.6 Å². The Morgan fingerprint density at radius 1 is 1.18 bits per heavy atom. The minimum absolute atomic E-state index is 0.219. The van der Waals surface area contributed by atoms with E-state index in [9.17, 15) is 4.79 Å². The summed E-state index contributed by atoms with van der Waals surface area (Å²) in [5.74, 6) is 1.07. The van der Waals surface area contributed by atoms with Crippen LogP contribution in [0.3, 0.4) is 0 Å². The largest absolute Gasteiger partial charge is 0.441 e. The third-order valence-electron chi connectivity index (χ3n) is 4.24. The van der Waals surface area contributed by atoms with Gasteiger partial charge in [0.05, 0.1) is 6.54 Å². The number of nitrogens with one attached hydrogen (secondary N) is 1. The lowest BCUT2D eigenvalue weighted by molar-refractivity contribution is 0.102. The SMILES string of the molecule is Cc1oc(-c2ccc(NC(=O)c3cccc(Cl)c3)cc2)nc1Cn1cccn1. The third-order valence-corrected chi connectivity index (χ3v) is 4.48. The molecule has 0 fully saturated rings. The van der Waals surface area contributed by atoms with E-state index in [0.717, 1.165) is 17.0 Å². The molecule has 1 amide bonds. The number of rotatable bonds is 5. The summed E-state index contributed by atoms with van der Waals surface area (Å²) < 4.78 is 7.59. The van der Waals surface area contributed by atoms with Gasteiger partial charge in [-0.2, -0.15) is 5.10 Å². The Morgan fingerprint density at radius 2 is 2.00 bits per heavy atom. The van der Waals surface area contributed by atoms with Gasteiger partial charge in [-0.1, -0.05) is 17.7 Å². The molecule has 0 spiro atoms. The van der Waals surface area contributed by atoms with E-state index in [4.69, 9.17) is 16.0 Å². The molecule has 0 aliphatic heterocycles. The Balaban J connectivity index is 1.48. The third kappa shape index (κ3) is 3.97. The first-order chi connectivity index (χ1) is 13.6. The van der Waals surface area contributed by atoms with Crippen LogP contribution in [0.4, 0.5) is 5.69 Å². The summed E-state index contributed by atoms with van der Waals surface area (Å²) in [6.45, 7) is 2.44. The van der Waals surface area contributed by atoms with E-state index >= 15 is 0 Å². The normalized spacial score (nSPS) is 10.8. The van der Waals surface area contributed by atoms with Crippen molar-refractivity contribution >= 4 is 23.2 Å². The number of amides is 1. The zero-order chi connectivity index (χ0) is 19.5. The average molecular weight is 393 g/mol. The maximum absolute atomic E-state index is 12.3. The number of carbonyl (C=O) groups excluding carboxylic acids is 1. The second-order valence-electron chi connectivity index (χ2n) is 6.27. The number of hydrogen-bond donors (Lipinski definition) is 1. The second kappa shape index (κ2) is 7.70. The summed E-state index contributed by atoms with van der Waals surface area (Å²) in [5, 5.41) is 7.56. The first-order valence-corrected chi connectivity index (χ1v) is 9.07. The predicted molar refractivity (Wildman–Crippen MR) is 107 cm³/mol. The van der Waals surface area contributed by atoms with E-state index in [0.29, 0.717) is 28.7 Å². The number of hydrogen-bond acceptors (Lipinski definition) is 4. The van der Waals surface area contributed by atoms with Gasteiger partial charge >= 0.3 is 0 Å². The number of benzene rings is 2. The molecule has 28 heavy (non-hydrogen) atoms. The first-order valence-electron chi connectivity index (χ1n) is 8.69. The monoisotopic (exact) mass is 392 g/mol. The molecule has 0 aliphatic carbocycles. The van der Waals surface area contributed by atoms with Crippen molar-refractivity contribution in [2.24, 2.45) is 0 Å². The molecule has 6 nitrogen and oxygen atoms in total. The molecule has 0 aliphatic rings. The Labute approximate surface area is 166 Å². The molecular formula is C21H17ClN4O2. The fourth-order valence-corrected chi connectivity index (χ4v) is 2.97. The highest BCUT2D eigenvalue weighted by Crippen LogP contribution is 2.24. The number of carbonyl (C=O) groups is 1. The molecule has 2 aromatic carbocycles. The van der Waals surface area contributed by atoms with Crippen LogP contribution in [0.25, 0.3) is 11.5 Å². The van der Waals surface area contributed by atoms with Gasteiger partial charge in [0.2, 0.25) is 5.89 Å². The van der Waals surface area contributed by atoms with Crippen LogP contribution in [0, 0.1) is 6.92 Å². The lowest BCUT2D eigenvalue weighted by Gasteiger charge is -2.06. The summed E-state index contributed by atoms with van der Waals surface area (Å²) >= 11 is 5.94.